The Morgan fingerprint density at radius 3 is 1.91 bits per heavy atom. The molecule has 10 nitrogen and oxygen atoms in total. The van der Waals surface area contributed by atoms with E-state index in [2.05, 4.69) is 20.8 Å². The SMILES string of the molecule is CC(=O)OC[C@H]1O[C@@H](O[C@@H]2C[C@H](C)CC[C@H]2C(C)C)[C@H](OC(C)=O)[C@@H](OC(C)=O)[C@@H]1OC(C)=O. The summed E-state index contributed by atoms with van der Waals surface area (Å²) in [6.45, 7) is 11.0. The molecule has 10 heteroatoms. The molecule has 0 unspecified atom stereocenters. The topological polar surface area (TPSA) is 124 Å². The molecular formula is C24H38O10. The van der Waals surface area contributed by atoms with E-state index in [0.717, 1.165) is 19.3 Å². The second-order valence-electron chi connectivity index (χ2n) is 9.57. The van der Waals surface area contributed by atoms with Crippen LogP contribution in [0, 0.1) is 17.8 Å². The standard InChI is InChI=1S/C24H38O10/c1-12(2)18-9-8-13(3)10-19(18)33-24-23(32-17(7)28)22(31-16(6)27)21(30-15(5)26)20(34-24)11-29-14(4)25/h12-13,18-24H,8-11H2,1-7H3/t13-,18+,19-,20-,21-,22+,23-,24-/m1/s1. The lowest BCUT2D eigenvalue weighted by atomic mass is 9.75. The third-order valence-corrected chi connectivity index (χ3v) is 6.22. The van der Waals surface area contributed by atoms with Gasteiger partial charge >= 0.3 is 23.9 Å². The summed E-state index contributed by atoms with van der Waals surface area (Å²) in [6.07, 6.45) is -3.07. The van der Waals surface area contributed by atoms with E-state index >= 15 is 0 Å². The number of hydrogen-bond acceptors (Lipinski definition) is 10. The largest absolute Gasteiger partial charge is 0.463 e. The third kappa shape index (κ3) is 7.94. The molecule has 194 valence electrons. The van der Waals surface area contributed by atoms with Crippen LogP contribution in [0.5, 0.6) is 0 Å². The summed E-state index contributed by atoms with van der Waals surface area (Å²) < 4.78 is 34.0. The maximum atomic E-state index is 12.0. The second-order valence-corrected chi connectivity index (χ2v) is 9.57. The molecular weight excluding hydrogens is 448 g/mol. The summed E-state index contributed by atoms with van der Waals surface area (Å²) in [5.41, 5.74) is 0. The summed E-state index contributed by atoms with van der Waals surface area (Å²) >= 11 is 0. The normalized spacial score (nSPS) is 33.6. The van der Waals surface area contributed by atoms with Crippen LogP contribution in [0.2, 0.25) is 0 Å². The minimum absolute atomic E-state index is 0.190. The molecule has 0 spiro atoms. The molecule has 0 radical (unpaired) electrons. The van der Waals surface area contributed by atoms with Crippen molar-refractivity contribution in [2.24, 2.45) is 17.8 Å². The maximum absolute atomic E-state index is 12.0. The van der Waals surface area contributed by atoms with Gasteiger partial charge in [0.1, 0.15) is 12.7 Å². The van der Waals surface area contributed by atoms with E-state index < -0.39 is 54.6 Å². The van der Waals surface area contributed by atoms with Crippen LogP contribution in [0.4, 0.5) is 0 Å². The van der Waals surface area contributed by atoms with Gasteiger partial charge in [0.15, 0.2) is 24.6 Å². The van der Waals surface area contributed by atoms with E-state index in [1.807, 2.05) is 0 Å². The Bertz CT molecular complexity index is 735. The molecule has 2 rings (SSSR count). The first-order chi connectivity index (χ1) is 15.9. The van der Waals surface area contributed by atoms with Gasteiger partial charge in [0, 0.05) is 27.7 Å². The lowest BCUT2D eigenvalue weighted by molar-refractivity contribution is -0.323. The Balaban J connectivity index is 2.43. The van der Waals surface area contributed by atoms with Gasteiger partial charge in [0.05, 0.1) is 6.10 Å². The lowest BCUT2D eigenvalue weighted by Gasteiger charge is -2.46. The molecule has 1 aliphatic carbocycles. The van der Waals surface area contributed by atoms with Crippen molar-refractivity contribution in [1.29, 1.82) is 0 Å². The van der Waals surface area contributed by atoms with Gasteiger partial charge in [0.2, 0.25) is 0 Å². The van der Waals surface area contributed by atoms with Gasteiger partial charge in [-0.25, -0.2) is 0 Å². The molecule has 0 aromatic carbocycles. The fraction of sp³-hybridized carbons (Fsp3) is 0.833. The molecule has 2 aliphatic rings. The average molecular weight is 487 g/mol. The fourth-order valence-electron chi connectivity index (χ4n) is 4.74. The fourth-order valence-corrected chi connectivity index (χ4v) is 4.74. The van der Waals surface area contributed by atoms with Crippen molar-refractivity contribution < 1.29 is 47.6 Å². The van der Waals surface area contributed by atoms with Crippen LogP contribution in [0.1, 0.15) is 67.7 Å². The Hall–Kier alpha value is -2.20. The number of hydrogen-bond donors (Lipinski definition) is 0. The van der Waals surface area contributed by atoms with Gasteiger partial charge in [-0.05, 0) is 30.6 Å². The highest BCUT2D eigenvalue weighted by Crippen LogP contribution is 2.38. The molecule has 1 saturated heterocycles. The summed E-state index contributed by atoms with van der Waals surface area (Å²) in [5.74, 6) is -1.50. The molecule has 0 bridgehead atoms. The van der Waals surface area contributed by atoms with Gasteiger partial charge in [-0.2, -0.15) is 0 Å². The molecule has 0 N–H and O–H groups in total. The zero-order chi connectivity index (χ0) is 25.6. The van der Waals surface area contributed by atoms with E-state index in [-0.39, 0.29) is 18.6 Å². The highest BCUT2D eigenvalue weighted by atomic mass is 16.7. The highest BCUT2D eigenvalue weighted by molar-refractivity contribution is 5.68. The van der Waals surface area contributed by atoms with Gasteiger partial charge in [-0.15, -0.1) is 0 Å². The monoisotopic (exact) mass is 486 g/mol. The van der Waals surface area contributed by atoms with Crippen molar-refractivity contribution in [3.05, 3.63) is 0 Å². The van der Waals surface area contributed by atoms with Crippen LogP contribution in [-0.2, 0) is 47.6 Å². The number of esters is 4. The summed E-state index contributed by atoms with van der Waals surface area (Å²) in [6, 6.07) is 0. The van der Waals surface area contributed by atoms with Crippen LogP contribution in [-0.4, -0.2) is 67.3 Å². The Labute approximate surface area is 200 Å². The molecule has 0 aromatic heterocycles. The van der Waals surface area contributed by atoms with E-state index in [1.54, 1.807) is 0 Å². The Kier molecular flexibility index (Phi) is 10.3. The van der Waals surface area contributed by atoms with Gasteiger partial charge in [-0.3, -0.25) is 19.2 Å². The van der Waals surface area contributed by atoms with Crippen molar-refractivity contribution in [3.63, 3.8) is 0 Å². The second kappa shape index (κ2) is 12.5. The van der Waals surface area contributed by atoms with Crippen LogP contribution in [0.15, 0.2) is 0 Å². The zero-order valence-corrected chi connectivity index (χ0v) is 21.1. The number of carbonyl (C=O) groups excluding carboxylic acids is 4. The van der Waals surface area contributed by atoms with Gasteiger partial charge in [-0.1, -0.05) is 27.2 Å². The van der Waals surface area contributed by atoms with Crippen molar-refractivity contribution in [3.8, 4) is 0 Å². The van der Waals surface area contributed by atoms with Crippen LogP contribution >= 0.6 is 0 Å². The Morgan fingerprint density at radius 1 is 0.824 bits per heavy atom. The number of carbonyl (C=O) groups is 4. The molecule has 0 aromatic rings. The van der Waals surface area contributed by atoms with Crippen LogP contribution < -0.4 is 0 Å². The van der Waals surface area contributed by atoms with E-state index in [9.17, 15) is 19.2 Å². The number of ether oxygens (including phenoxy) is 6. The smallest absolute Gasteiger partial charge is 0.303 e. The van der Waals surface area contributed by atoms with Crippen molar-refractivity contribution >= 4 is 23.9 Å². The van der Waals surface area contributed by atoms with Crippen molar-refractivity contribution in [2.75, 3.05) is 6.61 Å². The summed E-state index contributed by atoms with van der Waals surface area (Å²) in [7, 11) is 0. The summed E-state index contributed by atoms with van der Waals surface area (Å²) in [5, 5.41) is 0. The van der Waals surface area contributed by atoms with Crippen molar-refractivity contribution in [2.45, 2.75) is 105 Å². The van der Waals surface area contributed by atoms with Crippen molar-refractivity contribution in [1.82, 2.24) is 0 Å². The first kappa shape index (κ1) is 28.0. The van der Waals surface area contributed by atoms with E-state index in [1.165, 1.54) is 27.7 Å². The molecule has 1 saturated carbocycles. The molecule has 2 fully saturated rings. The minimum atomic E-state index is -1.22. The van der Waals surface area contributed by atoms with Gasteiger partial charge < -0.3 is 28.4 Å². The van der Waals surface area contributed by atoms with Gasteiger partial charge in [0.25, 0.3) is 0 Å². The Morgan fingerprint density at radius 2 is 1.38 bits per heavy atom. The van der Waals surface area contributed by atoms with E-state index in [0.29, 0.717) is 11.8 Å². The highest BCUT2D eigenvalue weighted by Gasteiger charge is 2.53. The first-order valence-corrected chi connectivity index (χ1v) is 11.8. The third-order valence-electron chi connectivity index (χ3n) is 6.22. The molecule has 1 aliphatic heterocycles. The predicted octanol–water partition coefficient (Wildman–Crippen LogP) is 2.55. The molecule has 1 heterocycles. The van der Waals surface area contributed by atoms with Crippen LogP contribution in [0.25, 0.3) is 0 Å². The molecule has 34 heavy (non-hydrogen) atoms. The molecule has 8 atom stereocenters. The minimum Gasteiger partial charge on any atom is -0.463 e. The zero-order valence-electron chi connectivity index (χ0n) is 21.1. The lowest BCUT2D eigenvalue weighted by Crippen LogP contribution is -2.63. The molecule has 0 amide bonds. The average Bonchev–Trinajstić information content (AvgIpc) is 2.69. The summed E-state index contributed by atoms with van der Waals surface area (Å²) in [4.78, 5) is 47.2. The maximum Gasteiger partial charge on any atom is 0.303 e. The van der Waals surface area contributed by atoms with E-state index in [4.69, 9.17) is 28.4 Å². The van der Waals surface area contributed by atoms with Crippen LogP contribution in [0.3, 0.4) is 0 Å². The number of rotatable bonds is 8. The predicted molar refractivity (Wildman–Crippen MR) is 118 cm³/mol. The first-order valence-electron chi connectivity index (χ1n) is 11.8. The quantitative estimate of drug-likeness (QED) is 0.373.